The standard InChI is InChI=1S/C48H29F5N2/c49-44-43(45(50)47(52)48(53)46(44)51)33-17-15-30(16-18-33)31-19-26-38(27-20-31)55-41-14-8-7-13-39(41)40-29-34(23-28-42(40)55)32-21-24-37(25-22-32)54(35-9-3-1-4-10-35)36-11-5-2-6-12-36/h1-29H. The highest BCUT2D eigenvalue weighted by Crippen LogP contribution is 2.39. The summed E-state index contributed by atoms with van der Waals surface area (Å²) in [6, 6.07) is 57.8. The molecular weight excluding hydrogens is 700 g/mol. The van der Waals surface area contributed by atoms with Gasteiger partial charge < -0.3 is 9.47 Å². The Hall–Kier alpha value is -6.99. The van der Waals surface area contributed by atoms with Gasteiger partial charge in [0.15, 0.2) is 23.3 Å². The fourth-order valence-corrected chi connectivity index (χ4v) is 7.33. The number of hydrogen-bond acceptors (Lipinski definition) is 1. The van der Waals surface area contributed by atoms with E-state index in [0.717, 1.165) is 61.2 Å². The van der Waals surface area contributed by atoms with Crippen molar-refractivity contribution >= 4 is 38.9 Å². The molecule has 7 heteroatoms. The van der Waals surface area contributed by atoms with E-state index in [-0.39, 0.29) is 5.56 Å². The van der Waals surface area contributed by atoms with Gasteiger partial charge in [0.25, 0.3) is 0 Å². The van der Waals surface area contributed by atoms with E-state index in [0.29, 0.717) is 5.56 Å². The predicted molar refractivity (Wildman–Crippen MR) is 212 cm³/mol. The van der Waals surface area contributed by atoms with Gasteiger partial charge in [-0.25, -0.2) is 22.0 Å². The molecule has 0 atom stereocenters. The minimum atomic E-state index is -2.18. The first-order valence-corrected chi connectivity index (χ1v) is 17.6. The van der Waals surface area contributed by atoms with E-state index < -0.39 is 34.6 Å². The second kappa shape index (κ2) is 13.8. The number of halogens is 5. The lowest BCUT2D eigenvalue weighted by Crippen LogP contribution is -2.09. The number of fused-ring (bicyclic) bond motifs is 3. The summed E-state index contributed by atoms with van der Waals surface area (Å²) >= 11 is 0. The molecule has 0 aliphatic carbocycles. The quantitative estimate of drug-likeness (QED) is 0.0901. The topological polar surface area (TPSA) is 8.17 Å². The van der Waals surface area contributed by atoms with Crippen LogP contribution in [0.15, 0.2) is 176 Å². The molecule has 1 aromatic heterocycles. The Labute approximate surface area is 313 Å². The molecule has 2 nitrogen and oxygen atoms in total. The van der Waals surface area contributed by atoms with Crippen molar-refractivity contribution < 1.29 is 22.0 Å². The molecule has 0 spiro atoms. The molecule has 8 aromatic carbocycles. The third-order valence-corrected chi connectivity index (χ3v) is 10.0. The molecular formula is C48H29F5N2. The molecule has 0 fully saturated rings. The molecule has 266 valence electrons. The zero-order chi connectivity index (χ0) is 37.6. The fraction of sp³-hybridized carbons (Fsp3) is 0. The number of para-hydroxylation sites is 3. The molecule has 55 heavy (non-hydrogen) atoms. The van der Waals surface area contributed by atoms with Crippen molar-refractivity contribution in [2.45, 2.75) is 0 Å². The summed E-state index contributed by atoms with van der Waals surface area (Å²) in [4.78, 5) is 2.24. The van der Waals surface area contributed by atoms with Crippen LogP contribution in [-0.4, -0.2) is 4.57 Å². The average molecular weight is 729 g/mol. The van der Waals surface area contributed by atoms with E-state index in [1.807, 2.05) is 72.8 Å². The molecule has 0 radical (unpaired) electrons. The van der Waals surface area contributed by atoms with Gasteiger partial charge in [-0.15, -0.1) is 0 Å². The van der Waals surface area contributed by atoms with Crippen molar-refractivity contribution in [3.63, 3.8) is 0 Å². The van der Waals surface area contributed by atoms with E-state index in [1.54, 1.807) is 12.1 Å². The molecule has 0 aliphatic rings. The summed E-state index contributed by atoms with van der Waals surface area (Å²) in [7, 11) is 0. The molecule has 9 aromatic rings. The summed E-state index contributed by atoms with van der Waals surface area (Å²) in [6.07, 6.45) is 0. The van der Waals surface area contributed by atoms with Crippen LogP contribution in [0.5, 0.6) is 0 Å². The molecule has 0 N–H and O–H groups in total. The van der Waals surface area contributed by atoms with Crippen LogP contribution in [0.1, 0.15) is 0 Å². The van der Waals surface area contributed by atoms with E-state index >= 15 is 0 Å². The van der Waals surface area contributed by atoms with Crippen LogP contribution < -0.4 is 4.90 Å². The van der Waals surface area contributed by atoms with Gasteiger partial charge in [-0.2, -0.15) is 0 Å². The molecule has 9 rings (SSSR count). The highest BCUT2D eigenvalue weighted by atomic mass is 19.2. The van der Waals surface area contributed by atoms with Crippen LogP contribution in [0.2, 0.25) is 0 Å². The van der Waals surface area contributed by atoms with Gasteiger partial charge in [-0.3, -0.25) is 0 Å². The van der Waals surface area contributed by atoms with Crippen molar-refractivity contribution in [3.8, 4) is 39.1 Å². The highest BCUT2D eigenvalue weighted by molar-refractivity contribution is 6.10. The number of nitrogens with zero attached hydrogens (tertiary/aromatic N) is 2. The lowest BCUT2D eigenvalue weighted by molar-refractivity contribution is 0.381. The Kier molecular flexibility index (Phi) is 8.47. The lowest BCUT2D eigenvalue weighted by Gasteiger charge is -2.25. The second-order valence-corrected chi connectivity index (χ2v) is 13.2. The SMILES string of the molecule is Fc1c(F)c(F)c(-c2ccc(-c3ccc(-n4c5ccccc5c5cc(-c6ccc(N(c7ccccc7)c7ccccc7)cc6)ccc54)cc3)cc2)c(F)c1F. The molecule has 0 saturated carbocycles. The minimum Gasteiger partial charge on any atom is -0.311 e. The van der Waals surface area contributed by atoms with Crippen LogP contribution in [0.25, 0.3) is 60.9 Å². The normalized spacial score (nSPS) is 11.4. The van der Waals surface area contributed by atoms with Crippen LogP contribution >= 0.6 is 0 Å². The van der Waals surface area contributed by atoms with Crippen molar-refractivity contribution in [1.82, 2.24) is 4.57 Å². The molecule has 1 heterocycles. The molecule has 0 amide bonds. The van der Waals surface area contributed by atoms with Gasteiger partial charge in [0.1, 0.15) is 0 Å². The zero-order valence-corrected chi connectivity index (χ0v) is 29.0. The van der Waals surface area contributed by atoms with Crippen LogP contribution in [0.3, 0.4) is 0 Å². The fourth-order valence-electron chi connectivity index (χ4n) is 7.33. The maximum atomic E-state index is 14.4. The summed E-state index contributed by atoms with van der Waals surface area (Å²) in [6.45, 7) is 0. The first-order chi connectivity index (χ1) is 26.9. The smallest absolute Gasteiger partial charge is 0.200 e. The highest BCUT2D eigenvalue weighted by Gasteiger charge is 2.26. The summed E-state index contributed by atoms with van der Waals surface area (Å²) in [5.74, 6) is -9.85. The first kappa shape index (κ1) is 33.8. The van der Waals surface area contributed by atoms with Crippen LogP contribution in [0.4, 0.5) is 39.0 Å². The monoisotopic (exact) mass is 728 g/mol. The number of anilines is 3. The third-order valence-electron chi connectivity index (χ3n) is 10.0. The van der Waals surface area contributed by atoms with Crippen molar-refractivity contribution in [3.05, 3.63) is 205 Å². The Morgan fingerprint density at radius 1 is 0.327 bits per heavy atom. The summed E-state index contributed by atoms with van der Waals surface area (Å²) in [5.41, 5.74) is 8.89. The molecule has 0 bridgehead atoms. The first-order valence-electron chi connectivity index (χ1n) is 17.6. The van der Waals surface area contributed by atoms with E-state index in [9.17, 15) is 22.0 Å². The minimum absolute atomic E-state index is 0.116. The largest absolute Gasteiger partial charge is 0.311 e. The number of benzene rings is 8. The van der Waals surface area contributed by atoms with Crippen molar-refractivity contribution in [2.75, 3.05) is 4.90 Å². The van der Waals surface area contributed by atoms with E-state index in [1.165, 1.54) is 12.1 Å². The summed E-state index contributed by atoms with van der Waals surface area (Å²) < 4.78 is 72.4. The van der Waals surface area contributed by atoms with Crippen LogP contribution in [-0.2, 0) is 0 Å². The van der Waals surface area contributed by atoms with Gasteiger partial charge in [-0.1, -0.05) is 109 Å². The van der Waals surface area contributed by atoms with E-state index in [4.69, 9.17) is 0 Å². The third kappa shape index (κ3) is 5.90. The zero-order valence-electron chi connectivity index (χ0n) is 29.0. The summed E-state index contributed by atoms with van der Waals surface area (Å²) in [5, 5.41) is 2.23. The molecule has 0 aliphatic heterocycles. The number of aromatic nitrogens is 1. The van der Waals surface area contributed by atoms with Gasteiger partial charge in [0.05, 0.1) is 16.6 Å². The van der Waals surface area contributed by atoms with Gasteiger partial charge >= 0.3 is 0 Å². The van der Waals surface area contributed by atoms with Crippen LogP contribution in [0, 0.1) is 29.1 Å². The Balaban J connectivity index is 1.04. The van der Waals surface area contributed by atoms with Gasteiger partial charge in [0.2, 0.25) is 5.82 Å². The Morgan fingerprint density at radius 3 is 1.35 bits per heavy atom. The lowest BCUT2D eigenvalue weighted by atomic mass is 9.99. The van der Waals surface area contributed by atoms with Crippen molar-refractivity contribution in [2.24, 2.45) is 0 Å². The van der Waals surface area contributed by atoms with Crippen molar-refractivity contribution in [1.29, 1.82) is 0 Å². The Morgan fingerprint density at radius 2 is 0.745 bits per heavy atom. The molecule has 0 unspecified atom stereocenters. The average Bonchev–Trinajstić information content (AvgIpc) is 3.57. The van der Waals surface area contributed by atoms with Gasteiger partial charge in [0, 0.05) is 33.5 Å². The maximum Gasteiger partial charge on any atom is 0.200 e. The molecule has 0 saturated heterocycles. The van der Waals surface area contributed by atoms with E-state index in [2.05, 4.69) is 88.3 Å². The van der Waals surface area contributed by atoms with Gasteiger partial charge in [-0.05, 0) is 94.5 Å². The number of rotatable bonds is 7. The maximum absolute atomic E-state index is 14.4. The predicted octanol–water partition coefficient (Wildman–Crippen LogP) is 13.9. The number of hydrogen-bond donors (Lipinski definition) is 0. The Bertz CT molecular complexity index is 2760. The second-order valence-electron chi connectivity index (χ2n) is 13.2.